The lowest BCUT2D eigenvalue weighted by Gasteiger charge is -2.33. The summed E-state index contributed by atoms with van der Waals surface area (Å²) in [5.41, 5.74) is 3.06. The molecule has 2 heterocycles. The van der Waals surface area contributed by atoms with Gasteiger partial charge >= 0.3 is 0 Å². The maximum absolute atomic E-state index is 12.7. The van der Waals surface area contributed by atoms with Gasteiger partial charge in [-0.3, -0.25) is 4.79 Å². The predicted molar refractivity (Wildman–Crippen MR) is 106 cm³/mol. The van der Waals surface area contributed by atoms with Crippen LogP contribution in [0.25, 0.3) is 0 Å². The van der Waals surface area contributed by atoms with Gasteiger partial charge in [-0.25, -0.2) is 13.1 Å². The van der Waals surface area contributed by atoms with Crippen molar-refractivity contribution in [2.75, 3.05) is 6.54 Å². The number of hydrogen-bond acceptors (Lipinski definition) is 4. The fraction of sp³-hybridized carbons (Fsp3) is 0.450. The van der Waals surface area contributed by atoms with Crippen LogP contribution in [-0.2, 0) is 34.3 Å². The third kappa shape index (κ3) is 3.95. The van der Waals surface area contributed by atoms with E-state index in [1.54, 1.807) is 6.07 Å². The van der Waals surface area contributed by atoms with Crippen LogP contribution in [0.1, 0.15) is 40.8 Å². The number of amides is 1. The molecule has 5 nitrogen and oxygen atoms in total. The second-order valence-electron chi connectivity index (χ2n) is 7.46. The molecule has 144 valence electrons. The van der Waals surface area contributed by atoms with Crippen LogP contribution >= 0.6 is 11.3 Å². The summed E-state index contributed by atoms with van der Waals surface area (Å²) >= 11 is 1.33. The van der Waals surface area contributed by atoms with Crippen LogP contribution < -0.4 is 4.72 Å². The maximum atomic E-state index is 12.7. The van der Waals surface area contributed by atoms with E-state index in [1.165, 1.54) is 11.3 Å². The van der Waals surface area contributed by atoms with E-state index in [0.29, 0.717) is 17.3 Å². The molecule has 1 aromatic carbocycles. The highest BCUT2D eigenvalue weighted by molar-refractivity contribution is 7.91. The fourth-order valence-corrected chi connectivity index (χ4v) is 6.10. The molecular formula is C20H24N2O3S2. The Hall–Kier alpha value is -1.70. The minimum atomic E-state index is -3.55. The maximum Gasteiger partial charge on any atom is 0.250 e. The Labute approximate surface area is 164 Å². The summed E-state index contributed by atoms with van der Waals surface area (Å²) in [5, 5.41) is 0. The molecule has 0 radical (unpaired) electrons. The van der Waals surface area contributed by atoms with Crippen LogP contribution in [0, 0.1) is 12.8 Å². The summed E-state index contributed by atoms with van der Waals surface area (Å²) in [6.45, 7) is 3.51. The van der Waals surface area contributed by atoms with Crippen LogP contribution in [0.4, 0.5) is 0 Å². The highest BCUT2D eigenvalue weighted by atomic mass is 32.2. The minimum absolute atomic E-state index is 0.185. The summed E-state index contributed by atoms with van der Waals surface area (Å²) in [6, 6.07) is 9.56. The minimum Gasteiger partial charge on any atom is -0.338 e. The molecule has 4 rings (SSSR count). The van der Waals surface area contributed by atoms with Crippen molar-refractivity contribution in [3.63, 3.8) is 0 Å². The second kappa shape index (κ2) is 7.37. The van der Waals surface area contributed by atoms with Crippen LogP contribution in [0.3, 0.4) is 0 Å². The smallest absolute Gasteiger partial charge is 0.250 e. The zero-order valence-electron chi connectivity index (χ0n) is 15.4. The zero-order chi connectivity index (χ0) is 19.0. The lowest BCUT2D eigenvalue weighted by atomic mass is 9.84. The van der Waals surface area contributed by atoms with E-state index < -0.39 is 10.0 Å². The van der Waals surface area contributed by atoms with E-state index in [1.807, 2.05) is 36.1 Å². The van der Waals surface area contributed by atoms with Crippen molar-refractivity contribution in [1.29, 1.82) is 0 Å². The Morgan fingerprint density at radius 2 is 2.00 bits per heavy atom. The number of nitrogens with zero attached hydrogens (tertiary/aromatic N) is 1. The molecule has 1 fully saturated rings. The first-order valence-electron chi connectivity index (χ1n) is 9.38. The third-order valence-corrected chi connectivity index (χ3v) is 8.57. The van der Waals surface area contributed by atoms with Crippen molar-refractivity contribution in [3.05, 3.63) is 51.9 Å². The number of rotatable bonds is 5. The van der Waals surface area contributed by atoms with Crippen molar-refractivity contribution in [3.8, 4) is 0 Å². The van der Waals surface area contributed by atoms with E-state index in [0.717, 1.165) is 47.3 Å². The summed E-state index contributed by atoms with van der Waals surface area (Å²) < 4.78 is 28.4. The molecule has 1 saturated carbocycles. The van der Waals surface area contributed by atoms with Gasteiger partial charge in [0.05, 0.1) is 0 Å². The number of thiophene rings is 1. The molecular weight excluding hydrogens is 380 g/mol. The van der Waals surface area contributed by atoms with Crippen molar-refractivity contribution in [2.45, 2.75) is 49.9 Å². The number of hydrogen-bond donors (Lipinski definition) is 1. The predicted octanol–water partition coefficient (Wildman–Crippen LogP) is 3.22. The Morgan fingerprint density at radius 3 is 2.67 bits per heavy atom. The fourth-order valence-electron chi connectivity index (χ4n) is 3.50. The monoisotopic (exact) mass is 404 g/mol. The van der Waals surface area contributed by atoms with Gasteiger partial charge in [0.25, 0.3) is 0 Å². The summed E-state index contributed by atoms with van der Waals surface area (Å²) in [6.07, 6.45) is 3.87. The molecule has 0 spiro atoms. The van der Waals surface area contributed by atoms with Gasteiger partial charge in [0.1, 0.15) is 4.21 Å². The van der Waals surface area contributed by atoms with E-state index in [4.69, 9.17) is 0 Å². The first-order valence-corrected chi connectivity index (χ1v) is 11.7. The Kier molecular flexibility index (Phi) is 5.09. The van der Waals surface area contributed by atoms with Crippen molar-refractivity contribution in [2.24, 2.45) is 5.92 Å². The van der Waals surface area contributed by atoms with Gasteiger partial charge in [0.2, 0.25) is 15.9 Å². The summed E-state index contributed by atoms with van der Waals surface area (Å²) in [4.78, 5) is 15.5. The average Bonchev–Trinajstić information content (AvgIpc) is 3.04. The average molecular weight is 405 g/mol. The van der Waals surface area contributed by atoms with Crippen LogP contribution in [0.5, 0.6) is 0 Å². The number of nitrogens with one attached hydrogen (secondary N) is 1. The lowest BCUT2D eigenvalue weighted by molar-refractivity contribution is -0.139. The lowest BCUT2D eigenvalue weighted by Crippen LogP contribution is -2.41. The van der Waals surface area contributed by atoms with Gasteiger partial charge in [-0.05, 0) is 43.4 Å². The summed E-state index contributed by atoms with van der Waals surface area (Å²) in [5.74, 6) is 0.421. The van der Waals surface area contributed by atoms with Crippen molar-refractivity contribution >= 4 is 27.3 Å². The van der Waals surface area contributed by atoms with Gasteiger partial charge < -0.3 is 4.90 Å². The Bertz CT molecular complexity index is 944. The van der Waals surface area contributed by atoms with Crippen molar-refractivity contribution in [1.82, 2.24) is 9.62 Å². The largest absolute Gasteiger partial charge is 0.338 e. The number of fused-ring (bicyclic) bond motifs is 1. The second-order valence-corrected chi connectivity index (χ2v) is 10.6. The molecule has 1 aromatic heterocycles. The summed E-state index contributed by atoms with van der Waals surface area (Å²) in [7, 11) is -3.55. The number of aryl methyl sites for hydroxylation is 1. The van der Waals surface area contributed by atoms with Crippen LogP contribution in [0.15, 0.2) is 34.5 Å². The van der Waals surface area contributed by atoms with Gasteiger partial charge in [0, 0.05) is 30.4 Å². The molecule has 1 amide bonds. The zero-order valence-corrected chi connectivity index (χ0v) is 17.0. The molecule has 2 aromatic rings. The number of carbonyl (C=O) groups excluding carboxylic acids is 1. The van der Waals surface area contributed by atoms with E-state index in [-0.39, 0.29) is 18.4 Å². The molecule has 0 unspecified atom stereocenters. The normalized spacial score (nSPS) is 17.4. The Morgan fingerprint density at radius 1 is 1.26 bits per heavy atom. The molecule has 27 heavy (non-hydrogen) atoms. The molecule has 0 atom stereocenters. The van der Waals surface area contributed by atoms with Gasteiger partial charge in [-0.1, -0.05) is 36.2 Å². The third-order valence-electron chi connectivity index (χ3n) is 5.46. The number of carbonyl (C=O) groups is 1. The van der Waals surface area contributed by atoms with Crippen molar-refractivity contribution < 1.29 is 13.2 Å². The number of sulfonamides is 1. The van der Waals surface area contributed by atoms with E-state index in [2.05, 4.69) is 4.72 Å². The molecule has 1 aliphatic carbocycles. The Balaban J connectivity index is 1.44. The molecule has 0 bridgehead atoms. The highest BCUT2D eigenvalue weighted by Crippen LogP contribution is 2.34. The van der Waals surface area contributed by atoms with Gasteiger partial charge in [-0.15, -0.1) is 11.3 Å². The highest BCUT2D eigenvalue weighted by Gasteiger charge is 2.32. The first kappa shape index (κ1) is 18.7. The molecule has 2 aliphatic rings. The van der Waals surface area contributed by atoms with Gasteiger partial charge in [0.15, 0.2) is 0 Å². The molecule has 1 N–H and O–H groups in total. The standard InChI is InChI=1S/C20H24N2O3S2/c1-14-5-7-15(8-6-14)12-21-27(24,25)19-11-17-13-22(10-9-18(17)26-19)20(23)16-3-2-4-16/h5-8,11,16,21H,2-4,9-10,12-13H2,1H3. The molecule has 7 heteroatoms. The van der Waals surface area contributed by atoms with Gasteiger partial charge in [-0.2, -0.15) is 0 Å². The first-order chi connectivity index (χ1) is 12.9. The van der Waals surface area contributed by atoms with Crippen LogP contribution in [-0.4, -0.2) is 25.8 Å². The van der Waals surface area contributed by atoms with E-state index >= 15 is 0 Å². The SMILES string of the molecule is Cc1ccc(CNS(=O)(=O)c2cc3c(s2)CCN(C(=O)C2CCC2)C3)cc1. The topological polar surface area (TPSA) is 66.5 Å². The molecule has 1 aliphatic heterocycles. The quantitative estimate of drug-likeness (QED) is 0.832. The van der Waals surface area contributed by atoms with Crippen LogP contribution in [0.2, 0.25) is 0 Å². The van der Waals surface area contributed by atoms with E-state index in [9.17, 15) is 13.2 Å². The molecule has 0 saturated heterocycles. The number of benzene rings is 1.